The minimum absolute atomic E-state index is 0.0999. The van der Waals surface area contributed by atoms with Crippen LogP contribution in [0.4, 0.5) is 6.01 Å². The number of aromatic nitrogens is 1. The molecule has 2 fully saturated rings. The maximum atomic E-state index is 12.5. The first kappa shape index (κ1) is 16.7. The zero-order valence-electron chi connectivity index (χ0n) is 14.5. The summed E-state index contributed by atoms with van der Waals surface area (Å²) in [6.45, 7) is 3.82. The monoisotopic (exact) mass is 361 g/mol. The van der Waals surface area contributed by atoms with Crippen molar-refractivity contribution >= 4 is 34.6 Å². The molecule has 1 aliphatic carbocycles. The van der Waals surface area contributed by atoms with Gasteiger partial charge in [-0.1, -0.05) is 24.9 Å². The lowest BCUT2D eigenvalue weighted by Crippen LogP contribution is -2.44. The van der Waals surface area contributed by atoms with Gasteiger partial charge in [0.05, 0.1) is 0 Å². The van der Waals surface area contributed by atoms with Crippen LogP contribution >= 0.6 is 11.6 Å². The molecule has 1 aliphatic heterocycles. The molecule has 2 heterocycles. The van der Waals surface area contributed by atoms with Crippen molar-refractivity contribution in [3.8, 4) is 0 Å². The summed E-state index contributed by atoms with van der Waals surface area (Å²) in [6.07, 6.45) is 5.26. The Kier molecular flexibility index (Phi) is 4.59. The number of nitrogens with zero attached hydrogens (tertiary/aromatic N) is 2. The van der Waals surface area contributed by atoms with Crippen LogP contribution in [-0.2, 0) is 4.79 Å². The van der Waals surface area contributed by atoms with E-state index in [0.29, 0.717) is 23.0 Å². The third kappa shape index (κ3) is 3.47. The summed E-state index contributed by atoms with van der Waals surface area (Å²) in [6, 6.07) is 6.46. The maximum Gasteiger partial charge on any atom is 0.298 e. The van der Waals surface area contributed by atoms with Crippen molar-refractivity contribution in [1.29, 1.82) is 0 Å². The minimum atomic E-state index is 0.0999. The van der Waals surface area contributed by atoms with Gasteiger partial charge in [-0.25, -0.2) is 0 Å². The number of rotatable bonds is 3. The molecule has 25 heavy (non-hydrogen) atoms. The van der Waals surface area contributed by atoms with Gasteiger partial charge in [-0.15, -0.1) is 0 Å². The molecule has 0 radical (unpaired) electrons. The van der Waals surface area contributed by atoms with Crippen molar-refractivity contribution in [2.24, 2.45) is 11.8 Å². The molecule has 1 aromatic carbocycles. The number of halogens is 1. The van der Waals surface area contributed by atoms with Gasteiger partial charge in [-0.05, 0) is 49.8 Å². The topological polar surface area (TPSA) is 58.4 Å². The number of hydrogen-bond acceptors (Lipinski definition) is 4. The van der Waals surface area contributed by atoms with Crippen LogP contribution in [0.3, 0.4) is 0 Å². The number of fused-ring (bicyclic) bond motifs is 1. The predicted octanol–water partition coefficient (Wildman–Crippen LogP) is 4.00. The van der Waals surface area contributed by atoms with E-state index < -0.39 is 0 Å². The summed E-state index contributed by atoms with van der Waals surface area (Å²) in [4.78, 5) is 19.2. The molecule has 2 aliphatic rings. The third-order valence-electron chi connectivity index (χ3n) is 5.66. The molecule has 1 N–H and O–H groups in total. The fraction of sp³-hybridized carbons (Fsp3) is 0.579. The smallest absolute Gasteiger partial charge is 0.298 e. The molecule has 0 bridgehead atoms. The van der Waals surface area contributed by atoms with Gasteiger partial charge in [0.2, 0.25) is 5.91 Å². The lowest BCUT2D eigenvalue weighted by atomic mass is 9.95. The second-order valence-electron chi connectivity index (χ2n) is 7.39. The first-order valence-electron chi connectivity index (χ1n) is 9.21. The van der Waals surface area contributed by atoms with Crippen molar-refractivity contribution < 1.29 is 9.21 Å². The first-order valence-corrected chi connectivity index (χ1v) is 9.59. The molecule has 134 valence electrons. The molecule has 6 heteroatoms. The SMILES string of the molecule is C[C@@H]1CCC[C@H]1NC(=O)C1CCN(c2nc3cc(Cl)ccc3o2)CC1. The van der Waals surface area contributed by atoms with Gasteiger partial charge in [0, 0.05) is 30.1 Å². The van der Waals surface area contributed by atoms with E-state index in [-0.39, 0.29) is 11.8 Å². The molecule has 1 saturated heterocycles. The summed E-state index contributed by atoms with van der Waals surface area (Å²) >= 11 is 6.01. The number of nitrogens with one attached hydrogen (secondary N) is 1. The lowest BCUT2D eigenvalue weighted by molar-refractivity contribution is -0.126. The second-order valence-corrected chi connectivity index (χ2v) is 7.83. The number of amides is 1. The van der Waals surface area contributed by atoms with E-state index in [1.165, 1.54) is 12.8 Å². The van der Waals surface area contributed by atoms with Crippen LogP contribution in [0.2, 0.25) is 5.02 Å². The number of hydrogen-bond donors (Lipinski definition) is 1. The molecule has 2 aromatic rings. The van der Waals surface area contributed by atoms with Crippen LogP contribution in [0.25, 0.3) is 11.1 Å². The van der Waals surface area contributed by atoms with Gasteiger partial charge >= 0.3 is 0 Å². The zero-order chi connectivity index (χ0) is 17.4. The van der Waals surface area contributed by atoms with Crippen molar-refractivity contribution in [3.05, 3.63) is 23.2 Å². The Hall–Kier alpha value is -1.75. The number of benzene rings is 1. The Morgan fingerprint density at radius 1 is 1.28 bits per heavy atom. The third-order valence-corrected chi connectivity index (χ3v) is 5.90. The maximum absolute atomic E-state index is 12.5. The standard InChI is InChI=1S/C19H24ClN3O2/c1-12-3-2-4-15(12)21-18(24)13-7-9-23(10-8-13)19-22-16-11-14(20)5-6-17(16)25-19/h5-6,11-13,15H,2-4,7-10H2,1H3,(H,21,24)/t12-,15-/m1/s1. The van der Waals surface area contributed by atoms with E-state index in [9.17, 15) is 4.79 Å². The Morgan fingerprint density at radius 2 is 2.08 bits per heavy atom. The van der Waals surface area contributed by atoms with Gasteiger partial charge in [0.15, 0.2) is 5.58 Å². The molecule has 5 nitrogen and oxygen atoms in total. The second kappa shape index (κ2) is 6.87. The van der Waals surface area contributed by atoms with Crippen molar-refractivity contribution in [1.82, 2.24) is 10.3 Å². The Morgan fingerprint density at radius 3 is 2.80 bits per heavy atom. The zero-order valence-corrected chi connectivity index (χ0v) is 15.3. The molecular weight excluding hydrogens is 338 g/mol. The van der Waals surface area contributed by atoms with Crippen LogP contribution in [-0.4, -0.2) is 30.0 Å². The van der Waals surface area contributed by atoms with E-state index >= 15 is 0 Å². The predicted molar refractivity (Wildman–Crippen MR) is 98.9 cm³/mol. The Labute approximate surface area is 152 Å². The van der Waals surface area contributed by atoms with E-state index in [2.05, 4.69) is 22.1 Å². The number of piperidine rings is 1. The Bertz CT molecular complexity index is 767. The average molecular weight is 362 g/mol. The molecule has 1 amide bonds. The van der Waals surface area contributed by atoms with Gasteiger partial charge in [-0.2, -0.15) is 4.98 Å². The van der Waals surface area contributed by atoms with Gasteiger partial charge < -0.3 is 14.6 Å². The van der Waals surface area contributed by atoms with E-state index in [0.717, 1.165) is 43.5 Å². The van der Waals surface area contributed by atoms with Crippen LogP contribution < -0.4 is 10.2 Å². The Balaban J connectivity index is 1.36. The molecule has 0 unspecified atom stereocenters. The fourth-order valence-corrected chi connectivity index (χ4v) is 4.18. The van der Waals surface area contributed by atoms with E-state index in [1.54, 1.807) is 6.07 Å². The van der Waals surface area contributed by atoms with Crippen LogP contribution in [0.1, 0.15) is 39.0 Å². The van der Waals surface area contributed by atoms with Crippen LogP contribution in [0.15, 0.2) is 22.6 Å². The van der Waals surface area contributed by atoms with E-state index in [1.807, 2.05) is 12.1 Å². The number of carbonyl (C=O) groups excluding carboxylic acids is 1. The molecule has 4 rings (SSSR count). The lowest BCUT2D eigenvalue weighted by Gasteiger charge is -2.31. The average Bonchev–Trinajstić information content (AvgIpc) is 3.21. The van der Waals surface area contributed by atoms with Crippen molar-refractivity contribution in [2.45, 2.75) is 45.1 Å². The number of anilines is 1. The summed E-state index contributed by atoms with van der Waals surface area (Å²) in [5.41, 5.74) is 1.52. The van der Waals surface area contributed by atoms with Crippen molar-refractivity contribution in [3.63, 3.8) is 0 Å². The molecule has 1 saturated carbocycles. The highest BCUT2D eigenvalue weighted by molar-refractivity contribution is 6.31. The van der Waals surface area contributed by atoms with Gasteiger partial charge in [0.1, 0.15) is 5.52 Å². The summed E-state index contributed by atoms with van der Waals surface area (Å²) in [5.74, 6) is 0.932. The highest BCUT2D eigenvalue weighted by Crippen LogP contribution is 2.29. The number of oxazole rings is 1. The highest BCUT2D eigenvalue weighted by Gasteiger charge is 2.31. The first-order chi connectivity index (χ1) is 12.1. The minimum Gasteiger partial charge on any atom is -0.423 e. The van der Waals surface area contributed by atoms with Crippen LogP contribution in [0, 0.1) is 11.8 Å². The fourth-order valence-electron chi connectivity index (χ4n) is 4.02. The van der Waals surface area contributed by atoms with Crippen molar-refractivity contribution in [2.75, 3.05) is 18.0 Å². The van der Waals surface area contributed by atoms with Crippen LogP contribution in [0.5, 0.6) is 0 Å². The number of carbonyl (C=O) groups is 1. The van der Waals surface area contributed by atoms with Gasteiger partial charge in [-0.3, -0.25) is 4.79 Å². The normalized spacial score (nSPS) is 24.8. The largest absolute Gasteiger partial charge is 0.423 e. The molecule has 1 aromatic heterocycles. The quantitative estimate of drug-likeness (QED) is 0.897. The summed E-state index contributed by atoms with van der Waals surface area (Å²) in [5, 5.41) is 3.93. The van der Waals surface area contributed by atoms with E-state index in [4.69, 9.17) is 16.0 Å². The summed E-state index contributed by atoms with van der Waals surface area (Å²) in [7, 11) is 0. The van der Waals surface area contributed by atoms with Gasteiger partial charge in [0.25, 0.3) is 6.01 Å². The molecule has 0 spiro atoms. The summed E-state index contributed by atoms with van der Waals surface area (Å²) < 4.78 is 5.84. The molecular formula is C19H24ClN3O2. The molecule has 2 atom stereocenters. The highest BCUT2D eigenvalue weighted by atomic mass is 35.5.